The van der Waals surface area contributed by atoms with Gasteiger partial charge in [-0.15, -0.1) is 0 Å². The summed E-state index contributed by atoms with van der Waals surface area (Å²) in [6.07, 6.45) is 4.30. The summed E-state index contributed by atoms with van der Waals surface area (Å²) in [5.41, 5.74) is 2.99. The summed E-state index contributed by atoms with van der Waals surface area (Å²) in [7, 11) is 0. The molecule has 0 spiro atoms. The number of aromatic nitrogens is 3. The number of nitrogens with one attached hydrogen (secondary N) is 2. The van der Waals surface area contributed by atoms with E-state index in [9.17, 15) is 0 Å². The van der Waals surface area contributed by atoms with Crippen molar-refractivity contribution in [3.05, 3.63) is 35.7 Å². The molecule has 0 aliphatic carbocycles. The molecule has 1 atom stereocenters. The monoisotopic (exact) mass is 409 g/mol. The average Bonchev–Trinajstić information content (AvgIpc) is 3.20. The minimum Gasteiger partial charge on any atom is -0.381 e. The second kappa shape index (κ2) is 9.53. The normalized spacial score (nSPS) is 16.1. The first kappa shape index (κ1) is 20.8. The van der Waals surface area contributed by atoms with Crippen LogP contribution in [-0.2, 0) is 4.74 Å². The number of hydrogen-bond donors (Lipinski definition) is 2. The Kier molecular flexibility index (Phi) is 6.59. The highest BCUT2D eigenvalue weighted by Crippen LogP contribution is 2.30. The lowest BCUT2D eigenvalue weighted by atomic mass is 10.0. The van der Waals surface area contributed by atoms with Gasteiger partial charge in [0.2, 0.25) is 0 Å². The lowest BCUT2D eigenvalue weighted by molar-refractivity contribution is 0.0745. The first-order valence-electron chi connectivity index (χ1n) is 10.9. The molecule has 1 aliphatic heterocycles. The topological polar surface area (TPSA) is 85.1 Å². The summed E-state index contributed by atoms with van der Waals surface area (Å²) in [4.78, 5) is 9.35. The standard InChI is InChI=1S/C23H31N5O2/c1-4-18(26-19-9-12-29-13-10-19)8-11-24-22-20(23-25-16(3)28-30-23)14-17-7-5-6-15(2)21(17)27-22/h5-7,14,18-19,26H,4,8-13H2,1-3H3,(H,24,27). The maximum absolute atomic E-state index is 5.48. The highest BCUT2D eigenvalue weighted by Gasteiger charge is 2.19. The number of fused-ring (bicyclic) bond motifs is 1. The molecule has 1 saturated heterocycles. The van der Waals surface area contributed by atoms with E-state index >= 15 is 0 Å². The molecular formula is C23H31N5O2. The van der Waals surface area contributed by atoms with E-state index < -0.39 is 0 Å². The van der Waals surface area contributed by atoms with Crippen LogP contribution in [0, 0.1) is 13.8 Å². The quantitative estimate of drug-likeness (QED) is 0.575. The third-order valence-corrected chi connectivity index (χ3v) is 5.78. The fourth-order valence-corrected chi connectivity index (χ4v) is 4.02. The van der Waals surface area contributed by atoms with Crippen molar-refractivity contribution in [2.24, 2.45) is 0 Å². The number of para-hydroxylation sites is 1. The maximum Gasteiger partial charge on any atom is 0.261 e. The van der Waals surface area contributed by atoms with Gasteiger partial charge in [-0.1, -0.05) is 30.3 Å². The summed E-state index contributed by atoms with van der Waals surface area (Å²) in [6, 6.07) is 9.31. The van der Waals surface area contributed by atoms with Gasteiger partial charge >= 0.3 is 0 Å². The van der Waals surface area contributed by atoms with Crippen molar-refractivity contribution >= 4 is 16.7 Å². The van der Waals surface area contributed by atoms with E-state index in [1.165, 1.54) is 0 Å². The van der Waals surface area contributed by atoms with Crippen LogP contribution in [0.4, 0.5) is 5.82 Å². The molecular weight excluding hydrogens is 378 g/mol. The number of benzene rings is 1. The van der Waals surface area contributed by atoms with Crippen molar-refractivity contribution in [3.8, 4) is 11.5 Å². The minimum absolute atomic E-state index is 0.469. The molecule has 3 heterocycles. The lowest BCUT2D eigenvalue weighted by Gasteiger charge is -2.28. The van der Waals surface area contributed by atoms with E-state index in [2.05, 4.69) is 52.8 Å². The Morgan fingerprint density at radius 2 is 2.00 bits per heavy atom. The molecule has 160 valence electrons. The van der Waals surface area contributed by atoms with Crippen LogP contribution >= 0.6 is 0 Å². The molecule has 4 rings (SSSR count). The molecule has 2 aromatic heterocycles. The molecule has 0 bridgehead atoms. The number of ether oxygens (including phenoxy) is 1. The largest absolute Gasteiger partial charge is 0.381 e. The molecule has 3 aromatic rings. The summed E-state index contributed by atoms with van der Waals surface area (Å²) in [5, 5.41) is 12.4. The Hall–Kier alpha value is -2.51. The van der Waals surface area contributed by atoms with E-state index in [-0.39, 0.29) is 0 Å². The Morgan fingerprint density at radius 3 is 2.73 bits per heavy atom. The molecule has 7 heteroatoms. The summed E-state index contributed by atoms with van der Waals surface area (Å²) in [6.45, 7) is 8.69. The zero-order chi connectivity index (χ0) is 20.9. The first-order chi connectivity index (χ1) is 14.6. The summed E-state index contributed by atoms with van der Waals surface area (Å²) in [5.74, 6) is 1.91. The Labute approximate surface area is 177 Å². The fraction of sp³-hybridized carbons (Fsp3) is 0.522. The molecule has 1 fully saturated rings. The first-order valence-corrected chi connectivity index (χ1v) is 10.9. The van der Waals surface area contributed by atoms with Crippen molar-refractivity contribution in [1.82, 2.24) is 20.4 Å². The van der Waals surface area contributed by atoms with Crippen LogP contribution in [0.2, 0.25) is 0 Å². The van der Waals surface area contributed by atoms with Gasteiger partial charge in [-0.2, -0.15) is 4.98 Å². The van der Waals surface area contributed by atoms with Gasteiger partial charge in [-0.25, -0.2) is 4.98 Å². The van der Waals surface area contributed by atoms with Crippen molar-refractivity contribution in [3.63, 3.8) is 0 Å². The van der Waals surface area contributed by atoms with Crippen LogP contribution < -0.4 is 10.6 Å². The molecule has 7 nitrogen and oxygen atoms in total. The Balaban J connectivity index is 1.51. The summed E-state index contributed by atoms with van der Waals surface area (Å²) < 4.78 is 10.9. The van der Waals surface area contributed by atoms with Crippen molar-refractivity contribution in [2.75, 3.05) is 25.1 Å². The number of hydrogen-bond acceptors (Lipinski definition) is 7. The molecule has 0 saturated carbocycles. The number of anilines is 1. The second-order valence-electron chi connectivity index (χ2n) is 8.05. The van der Waals surface area contributed by atoms with Gasteiger partial charge in [0, 0.05) is 37.2 Å². The second-order valence-corrected chi connectivity index (χ2v) is 8.05. The zero-order valence-corrected chi connectivity index (χ0v) is 18.1. The minimum atomic E-state index is 0.469. The molecule has 30 heavy (non-hydrogen) atoms. The molecule has 0 radical (unpaired) electrons. The van der Waals surface area contributed by atoms with Gasteiger partial charge < -0.3 is 19.9 Å². The van der Waals surface area contributed by atoms with Crippen LogP contribution in [-0.4, -0.2) is 47.0 Å². The fourth-order valence-electron chi connectivity index (χ4n) is 4.02. The van der Waals surface area contributed by atoms with Gasteiger partial charge in [0.1, 0.15) is 5.82 Å². The van der Waals surface area contributed by atoms with Crippen molar-refractivity contribution < 1.29 is 9.26 Å². The van der Waals surface area contributed by atoms with Crippen LogP contribution in [0.3, 0.4) is 0 Å². The number of aryl methyl sites for hydroxylation is 2. The van der Waals surface area contributed by atoms with E-state index in [1.54, 1.807) is 0 Å². The van der Waals surface area contributed by atoms with E-state index in [0.29, 0.717) is 23.8 Å². The van der Waals surface area contributed by atoms with Crippen LogP contribution in [0.25, 0.3) is 22.4 Å². The highest BCUT2D eigenvalue weighted by atomic mass is 16.5. The van der Waals surface area contributed by atoms with Gasteiger partial charge in [0.25, 0.3) is 5.89 Å². The van der Waals surface area contributed by atoms with Crippen molar-refractivity contribution in [2.45, 2.75) is 58.5 Å². The van der Waals surface area contributed by atoms with E-state index in [0.717, 1.165) is 73.3 Å². The van der Waals surface area contributed by atoms with Gasteiger partial charge in [0.15, 0.2) is 5.82 Å². The molecule has 1 unspecified atom stereocenters. The lowest BCUT2D eigenvalue weighted by Crippen LogP contribution is -2.42. The molecule has 1 aromatic carbocycles. The van der Waals surface area contributed by atoms with Gasteiger partial charge in [-0.3, -0.25) is 0 Å². The smallest absolute Gasteiger partial charge is 0.261 e. The van der Waals surface area contributed by atoms with Crippen molar-refractivity contribution in [1.29, 1.82) is 0 Å². The zero-order valence-electron chi connectivity index (χ0n) is 18.1. The van der Waals surface area contributed by atoms with Crippen LogP contribution in [0.15, 0.2) is 28.8 Å². The number of nitrogens with zero attached hydrogens (tertiary/aromatic N) is 3. The molecule has 1 aliphatic rings. The Bertz CT molecular complexity index is 981. The van der Waals surface area contributed by atoms with Gasteiger partial charge in [-0.05, 0) is 51.2 Å². The predicted octanol–water partition coefficient (Wildman–Crippen LogP) is 4.25. The maximum atomic E-state index is 5.48. The number of rotatable bonds is 8. The average molecular weight is 410 g/mol. The SMILES string of the molecule is CCC(CCNc1nc2c(C)cccc2cc1-c1nc(C)no1)NC1CCOCC1. The van der Waals surface area contributed by atoms with E-state index in [4.69, 9.17) is 14.2 Å². The highest BCUT2D eigenvalue weighted by molar-refractivity contribution is 5.89. The predicted molar refractivity (Wildman–Crippen MR) is 119 cm³/mol. The molecule has 2 N–H and O–H groups in total. The van der Waals surface area contributed by atoms with E-state index in [1.807, 2.05) is 13.0 Å². The van der Waals surface area contributed by atoms with Gasteiger partial charge in [0.05, 0.1) is 11.1 Å². The summed E-state index contributed by atoms with van der Waals surface area (Å²) >= 11 is 0. The van der Waals surface area contributed by atoms with Crippen LogP contribution in [0.5, 0.6) is 0 Å². The van der Waals surface area contributed by atoms with Crippen LogP contribution in [0.1, 0.15) is 44.0 Å². The third-order valence-electron chi connectivity index (χ3n) is 5.78. The molecule has 0 amide bonds. The Morgan fingerprint density at radius 1 is 1.17 bits per heavy atom. The third kappa shape index (κ3) is 4.79. The number of pyridine rings is 1.